The lowest BCUT2D eigenvalue weighted by molar-refractivity contribution is 0.0878. The minimum atomic E-state index is -0.124. The van der Waals surface area contributed by atoms with E-state index in [0.717, 1.165) is 35.5 Å². The average molecular weight is 298 g/mol. The minimum Gasteiger partial charge on any atom is -0.335 e. The monoisotopic (exact) mass is 298 g/mol. The van der Waals surface area contributed by atoms with E-state index in [0.29, 0.717) is 10.6 Å². The van der Waals surface area contributed by atoms with E-state index >= 15 is 0 Å². The molecule has 106 valence electrons. The smallest absolute Gasteiger partial charge is 0.271 e. The third-order valence-electron chi connectivity index (χ3n) is 4.36. The molecule has 0 spiro atoms. The zero-order chi connectivity index (χ0) is 14.4. The van der Waals surface area contributed by atoms with E-state index in [9.17, 15) is 4.79 Å². The normalized spacial score (nSPS) is 26.9. The van der Waals surface area contributed by atoms with Crippen molar-refractivity contribution in [3.8, 4) is 6.07 Å². The predicted octanol–water partition coefficient (Wildman–Crippen LogP) is 1.95. The first-order valence-electron chi connectivity index (χ1n) is 7.07. The van der Waals surface area contributed by atoms with Crippen LogP contribution in [0, 0.1) is 17.2 Å². The lowest BCUT2D eigenvalue weighted by atomic mass is 10.0. The van der Waals surface area contributed by atoms with Crippen LogP contribution in [0.5, 0.6) is 0 Å². The van der Waals surface area contributed by atoms with Gasteiger partial charge in [-0.15, -0.1) is 11.3 Å². The molecule has 1 amide bonds. The van der Waals surface area contributed by atoms with Crippen LogP contribution in [-0.4, -0.2) is 35.0 Å². The first kappa shape index (κ1) is 12.7. The highest BCUT2D eigenvalue weighted by Gasteiger charge is 2.38. The number of thiophene rings is 1. The van der Waals surface area contributed by atoms with E-state index in [1.165, 1.54) is 17.8 Å². The SMILES string of the molecule is N#Cc1cc2cnc(C(=O)NC3CC4CCN3C4)cc2s1. The van der Waals surface area contributed by atoms with E-state index in [2.05, 4.69) is 21.3 Å². The molecule has 3 atom stereocenters. The number of nitrogens with zero attached hydrogens (tertiary/aromatic N) is 3. The second kappa shape index (κ2) is 4.79. The number of aromatic nitrogens is 1. The van der Waals surface area contributed by atoms with Gasteiger partial charge in [-0.2, -0.15) is 5.26 Å². The lowest BCUT2D eigenvalue weighted by Gasteiger charge is -2.25. The highest BCUT2D eigenvalue weighted by atomic mass is 32.1. The summed E-state index contributed by atoms with van der Waals surface area (Å²) in [5, 5.41) is 12.9. The number of hydrogen-bond donors (Lipinski definition) is 1. The van der Waals surface area contributed by atoms with Crippen molar-refractivity contribution in [2.75, 3.05) is 13.1 Å². The Labute approximate surface area is 126 Å². The molecule has 0 aliphatic carbocycles. The van der Waals surface area contributed by atoms with Crippen molar-refractivity contribution in [1.82, 2.24) is 15.2 Å². The Kier molecular flexibility index (Phi) is 2.91. The number of nitrogens with one attached hydrogen (secondary N) is 1. The second-order valence-electron chi connectivity index (χ2n) is 5.70. The molecule has 2 aliphatic rings. The van der Waals surface area contributed by atoms with E-state index in [-0.39, 0.29) is 12.1 Å². The maximum Gasteiger partial charge on any atom is 0.271 e. The molecule has 4 heterocycles. The van der Waals surface area contributed by atoms with E-state index < -0.39 is 0 Å². The summed E-state index contributed by atoms with van der Waals surface area (Å²) in [6.07, 6.45) is 4.13. The van der Waals surface area contributed by atoms with Gasteiger partial charge in [-0.3, -0.25) is 14.7 Å². The molecule has 2 saturated heterocycles. The third-order valence-corrected chi connectivity index (χ3v) is 5.36. The van der Waals surface area contributed by atoms with Crippen LogP contribution < -0.4 is 5.32 Å². The van der Waals surface area contributed by atoms with Gasteiger partial charge in [-0.1, -0.05) is 0 Å². The fourth-order valence-electron chi connectivity index (χ4n) is 3.29. The Hall–Kier alpha value is -1.97. The van der Waals surface area contributed by atoms with Crippen molar-refractivity contribution in [1.29, 1.82) is 5.26 Å². The van der Waals surface area contributed by atoms with Gasteiger partial charge in [0.25, 0.3) is 5.91 Å². The molecule has 2 aromatic rings. The van der Waals surface area contributed by atoms with Gasteiger partial charge in [-0.05, 0) is 30.9 Å². The molecule has 4 rings (SSSR count). The van der Waals surface area contributed by atoms with Crippen molar-refractivity contribution in [2.24, 2.45) is 5.92 Å². The summed E-state index contributed by atoms with van der Waals surface area (Å²) in [5.74, 6) is 0.613. The number of fused-ring (bicyclic) bond motifs is 3. The van der Waals surface area contributed by atoms with Gasteiger partial charge in [0.15, 0.2) is 0 Å². The summed E-state index contributed by atoms with van der Waals surface area (Å²) in [6, 6.07) is 5.70. The summed E-state index contributed by atoms with van der Waals surface area (Å²) >= 11 is 1.39. The summed E-state index contributed by atoms with van der Waals surface area (Å²) in [5.41, 5.74) is 0.429. The molecule has 3 unspecified atom stereocenters. The summed E-state index contributed by atoms with van der Waals surface area (Å²) in [7, 11) is 0. The summed E-state index contributed by atoms with van der Waals surface area (Å²) in [4.78, 5) is 19.5. The lowest BCUT2D eigenvalue weighted by Crippen LogP contribution is -2.45. The van der Waals surface area contributed by atoms with Crippen LogP contribution in [0.25, 0.3) is 10.1 Å². The second-order valence-corrected chi connectivity index (χ2v) is 6.79. The molecule has 0 saturated carbocycles. The molecule has 0 aromatic carbocycles. The number of amides is 1. The summed E-state index contributed by atoms with van der Waals surface area (Å²) < 4.78 is 0.931. The fraction of sp³-hybridized carbons (Fsp3) is 0.400. The first-order chi connectivity index (χ1) is 10.2. The summed E-state index contributed by atoms with van der Waals surface area (Å²) in [6.45, 7) is 2.19. The first-order valence-corrected chi connectivity index (χ1v) is 7.89. The van der Waals surface area contributed by atoms with Gasteiger partial charge >= 0.3 is 0 Å². The van der Waals surface area contributed by atoms with Gasteiger partial charge in [0, 0.05) is 29.4 Å². The Morgan fingerprint density at radius 1 is 1.52 bits per heavy atom. The molecular weight excluding hydrogens is 284 g/mol. The maximum absolute atomic E-state index is 12.3. The molecule has 21 heavy (non-hydrogen) atoms. The number of carbonyl (C=O) groups excluding carboxylic acids is 1. The Morgan fingerprint density at radius 2 is 2.43 bits per heavy atom. The fourth-order valence-corrected chi connectivity index (χ4v) is 4.16. The maximum atomic E-state index is 12.3. The topological polar surface area (TPSA) is 69.0 Å². The number of piperidine rings is 1. The van der Waals surface area contributed by atoms with Crippen LogP contribution in [0.3, 0.4) is 0 Å². The van der Waals surface area contributed by atoms with Crippen molar-refractivity contribution in [3.05, 3.63) is 28.9 Å². The Balaban J connectivity index is 1.55. The van der Waals surface area contributed by atoms with Gasteiger partial charge in [0.1, 0.15) is 16.6 Å². The van der Waals surface area contributed by atoms with E-state index in [4.69, 9.17) is 5.26 Å². The zero-order valence-corrected chi connectivity index (χ0v) is 12.2. The average Bonchev–Trinajstić information content (AvgIpc) is 3.20. The van der Waals surface area contributed by atoms with Crippen LogP contribution in [0.4, 0.5) is 0 Å². The van der Waals surface area contributed by atoms with E-state index in [1.807, 2.05) is 0 Å². The molecular formula is C15H14N4OS. The largest absolute Gasteiger partial charge is 0.335 e. The van der Waals surface area contributed by atoms with Crippen LogP contribution in [0.1, 0.15) is 28.2 Å². The number of pyridine rings is 1. The van der Waals surface area contributed by atoms with Gasteiger partial charge in [0.05, 0.1) is 6.17 Å². The quantitative estimate of drug-likeness (QED) is 0.920. The number of carbonyl (C=O) groups is 1. The highest BCUT2D eigenvalue weighted by molar-refractivity contribution is 7.19. The Morgan fingerprint density at radius 3 is 3.14 bits per heavy atom. The third kappa shape index (κ3) is 2.19. The molecule has 2 aliphatic heterocycles. The zero-order valence-electron chi connectivity index (χ0n) is 11.4. The number of nitriles is 1. The Bertz CT molecular complexity index is 763. The van der Waals surface area contributed by atoms with Crippen molar-refractivity contribution < 1.29 is 4.79 Å². The van der Waals surface area contributed by atoms with Crippen molar-refractivity contribution in [2.45, 2.75) is 19.0 Å². The molecule has 2 aromatic heterocycles. The van der Waals surface area contributed by atoms with Crippen LogP contribution >= 0.6 is 11.3 Å². The van der Waals surface area contributed by atoms with Crippen LogP contribution in [-0.2, 0) is 0 Å². The highest BCUT2D eigenvalue weighted by Crippen LogP contribution is 2.31. The van der Waals surface area contributed by atoms with Crippen LogP contribution in [0.15, 0.2) is 18.3 Å². The molecule has 2 bridgehead atoms. The molecule has 5 nitrogen and oxygen atoms in total. The van der Waals surface area contributed by atoms with E-state index in [1.54, 1.807) is 18.3 Å². The molecule has 6 heteroatoms. The van der Waals surface area contributed by atoms with Gasteiger partial charge in [0.2, 0.25) is 0 Å². The molecule has 0 radical (unpaired) electrons. The number of hydrogen-bond acceptors (Lipinski definition) is 5. The molecule has 1 N–H and O–H groups in total. The van der Waals surface area contributed by atoms with Gasteiger partial charge in [-0.25, -0.2) is 0 Å². The number of rotatable bonds is 2. The van der Waals surface area contributed by atoms with Gasteiger partial charge < -0.3 is 5.32 Å². The minimum absolute atomic E-state index is 0.124. The molecule has 2 fully saturated rings. The van der Waals surface area contributed by atoms with Crippen molar-refractivity contribution in [3.63, 3.8) is 0 Å². The predicted molar refractivity (Wildman–Crippen MR) is 79.9 cm³/mol. The van der Waals surface area contributed by atoms with Crippen LogP contribution in [0.2, 0.25) is 0 Å². The van der Waals surface area contributed by atoms with Crippen molar-refractivity contribution >= 4 is 27.3 Å². The standard InChI is InChI=1S/C15H14N4OS/c16-6-11-4-10-7-17-12(5-13(10)21-11)15(20)18-14-3-9-1-2-19(14)8-9/h4-5,7,9,14H,1-3,8H2,(H,18,20).